The summed E-state index contributed by atoms with van der Waals surface area (Å²) in [6.07, 6.45) is 0.988. The van der Waals surface area contributed by atoms with Gasteiger partial charge in [-0.05, 0) is 23.3 Å². The topological polar surface area (TPSA) is 66.8 Å². The maximum absolute atomic E-state index is 10.5. The van der Waals surface area contributed by atoms with E-state index in [1.54, 1.807) is 31.4 Å². The highest BCUT2D eigenvalue weighted by Gasteiger charge is 2.02. The number of hydrogen-bond donors (Lipinski definition) is 2. The Bertz CT molecular complexity index is 365. The summed E-state index contributed by atoms with van der Waals surface area (Å²) in [7, 11) is 1.55. The molecule has 0 aliphatic rings. The Balaban J connectivity index is 2.98. The molecule has 0 unspecified atom stereocenters. The first-order valence-electron chi connectivity index (χ1n) is 4.36. The lowest BCUT2D eigenvalue weighted by atomic mass is 10.1. The number of aliphatic hydroxyl groups excluding tert-OH is 1. The molecule has 15 heavy (non-hydrogen) atoms. The summed E-state index contributed by atoms with van der Waals surface area (Å²) in [5.41, 5.74) is 1.03. The molecule has 0 saturated heterocycles. The van der Waals surface area contributed by atoms with Crippen molar-refractivity contribution >= 4 is 11.5 Å². The second kappa shape index (κ2) is 5.17. The van der Waals surface area contributed by atoms with Gasteiger partial charge in [0, 0.05) is 6.08 Å². The third-order valence-electron chi connectivity index (χ3n) is 1.93. The maximum Gasteiger partial charge on any atom is 0.328 e. The fraction of sp³-hybridized carbons (Fsp3) is 0.182. The van der Waals surface area contributed by atoms with Crippen molar-refractivity contribution in [3.05, 3.63) is 35.9 Å². The molecule has 80 valence electrons. The lowest BCUT2D eigenvalue weighted by molar-refractivity contribution is -0.131. The Labute approximate surface area is 87.4 Å². The van der Waals surface area contributed by atoms with Gasteiger partial charge >= 0.3 is 5.97 Å². The van der Waals surface area contributed by atoms with E-state index in [0.29, 0.717) is 16.9 Å². The van der Waals surface area contributed by atoms with Gasteiger partial charge in [0.1, 0.15) is 5.75 Å². The number of benzene rings is 1. The molecule has 0 aliphatic carbocycles. The van der Waals surface area contributed by atoms with Gasteiger partial charge in [-0.25, -0.2) is 4.79 Å². The van der Waals surface area contributed by atoms with Gasteiger partial charge in [-0.3, -0.25) is 0 Å². The van der Waals surface area contributed by atoms with Crippen LogP contribution in [-0.2, 0) is 4.79 Å². The summed E-state index contributed by atoms with van der Waals surface area (Å²) in [6, 6.07) is 6.81. The number of rotatable bonds is 4. The second-order valence-electron chi connectivity index (χ2n) is 2.89. The number of hydrogen-bond acceptors (Lipinski definition) is 3. The van der Waals surface area contributed by atoms with Gasteiger partial charge < -0.3 is 14.9 Å². The number of ether oxygens (including phenoxy) is 1. The molecule has 1 aromatic carbocycles. The van der Waals surface area contributed by atoms with Crippen LogP contribution in [0.3, 0.4) is 0 Å². The van der Waals surface area contributed by atoms with E-state index >= 15 is 0 Å². The molecular formula is C11H12O4. The van der Waals surface area contributed by atoms with Gasteiger partial charge in [-0.15, -0.1) is 0 Å². The first-order valence-corrected chi connectivity index (χ1v) is 4.36. The molecular weight excluding hydrogens is 196 g/mol. The number of carbonyl (C=O) groups is 1. The van der Waals surface area contributed by atoms with Gasteiger partial charge in [0.25, 0.3) is 0 Å². The first kappa shape index (κ1) is 11.3. The van der Waals surface area contributed by atoms with Crippen molar-refractivity contribution in [2.45, 2.75) is 0 Å². The zero-order chi connectivity index (χ0) is 11.3. The van der Waals surface area contributed by atoms with Gasteiger partial charge in [0.05, 0.1) is 13.7 Å². The van der Waals surface area contributed by atoms with E-state index in [2.05, 4.69) is 0 Å². The SMILES string of the molecule is COc1ccc(/C(=C/C(=O)O)CO)cc1. The van der Waals surface area contributed by atoms with E-state index in [-0.39, 0.29) is 6.61 Å². The quantitative estimate of drug-likeness (QED) is 0.728. The number of carboxylic acids is 1. The van der Waals surface area contributed by atoms with Crippen LogP contribution >= 0.6 is 0 Å². The Kier molecular flexibility index (Phi) is 3.88. The Morgan fingerprint density at radius 3 is 2.40 bits per heavy atom. The van der Waals surface area contributed by atoms with E-state index in [9.17, 15) is 4.79 Å². The zero-order valence-electron chi connectivity index (χ0n) is 8.30. The summed E-state index contributed by atoms with van der Waals surface area (Å²) in [5.74, 6) is -0.388. The Hall–Kier alpha value is -1.81. The van der Waals surface area contributed by atoms with Crippen molar-refractivity contribution in [3.63, 3.8) is 0 Å². The molecule has 0 amide bonds. The van der Waals surface area contributed by atoms with Crippen LogP contribution in [0.5, 0.6) is 5.75 Å². The average Bonchev–Trinajstić information content (AvgIpc) is 2.26. The molecule has 0 saturated carbocycles. The molecule has 1 rings (SSSR count). The minimum absolute atomic E-state index is 0.307. The van der Waals surface area contributed by atoms with Crippen LogP contribution < -0.4 is 4.74 Å². The normalized spacial score (nSPS) is 11.2. The van der Waals surface area contributed by atoms with E-state index in [1.165, 1.54) is 0 Å². The molecule has 0 bridgehead atoms. The summed E-state index contributed by atoms with van der Waals surface area (Å²) in [5, 5.41) is 17.6. The molecule has 0 aliphatic heterocycles. The van der Waals surface area contributed by atoms with Crippen LogP contribution in [-0.4, -0.2) is 29.9 Å². The standard InChI is InChI=1S/C11H12O4/c1-15-10-4-2-8(3-5-10)9(7-12)6-11(13)14/h2-6,12H,7H2,1H3,(H,13,14)/b9-6+. The molecule has 0 fully saturated rings. The molecule has 4 nitrogen and oxygen atoms in total. The van der Waals surface area contributed by atoms with Crippen molar-refractivity contribution in [1.29, 1.82) is 0 Å². The molecule has 0 atom stereocenters. The van der Waals surface area contributed by atoms with Gasteiger partial charge in [0.15, 0.2) is 0 Å². The highest BCUT2D eigenvalue weighted by atomic mass is 16.5. The summed E-state index contributed by atoms with van der Waals surface area (Å²) in [4.78, 5) is 10.5. The van der Waals surface area contributed by atoms with Crippen LogP contribution in [0.2, 0.25) is 0 Å². The predicted octanol–water partition coefficient (Wildman–Crippen LogP) is 1.16. The van der Waals surface area contributed by atoms with Crippen LogP contribution in [0.15, 0.2) is 30.3 Å². The van der Waals surface area contributed by atoms with Crippen molar-refractivity contribution < 1.29 is 19.7 Å². The van der Waals surface area contributed by atoms with Crippen molar-refractivity contribution in [2.75, 3.05) is 13.7 Å². The zero-order valence-corrected chi connectivity index (χ0v) is 8.30. The molecule has 2 N–H and O–H groups in total. The van der Waals surface area contributed by atoms with E-state index in [4.69, 9.17) is 14.9 Å². The highest BCUT2D eigenvalue weighted by Crippen LogP contribution is 2.17. The molecule has 0 spiro atoms. The van der Waals surface area contributed by atoms with Crippen LogP contribution in [0, 0.1) is 0 Å². The minimum Gasteiger partial charge on any atom is -0.497 e. The number of carboxylic acid groups (broad SMARTS) is 1. The number of aliphatic hydroxyl groups is 1. The predicted molar refractivity (Wildman–Crippen MR) is 55.7 cm³/mol. The smallest absolute Gasteiger partial charge is 0.328 e. The minimum atomic E-state index is -1.07. The summed E-state index contributed by atoms with van der Waals surface area (Å²) in [6.45, 7) is -0.307. The van der Waals surface area contributed by atoms with E-state index in [1.807, 2.05) is 0 Å². The van der Waals surface area contributed by atoms with Crippen molar-refractivity contribution in [3.8, 4) is 5.75 Å². The maximum atomic E-state index is 10.5. The van der Waals surface area contributed by atoms with Crippen LogP contribution in [0.4, 0.5) is 0 Å². The fourth-order valence-electron chi connectivity index (χ4n) is 1.17. The lowest BCUT2D eigenvalue weighted by Crippen LogP contribution is -1.96. The molecule has 1 aromatic rings. The van der Waals surface area contributed by atoms with Crippen molar-refractivity contribution in [1.82, 2.24) is 0 Å². The molecule has 0 radical (unpaired) electrons. The first-order chi connectivity index (χ1) is 7.17. The van der Waals surface area contributed by atoms with Crippen LogP contribution in [0.25, 0.3) is 5.57 Å². The van der Waals surface area contributed by atoms with Gasteiger partial charge in [-0.1, -0.05) is 12.1 Å². The number of aliphatic carboxylic acids is 1. The highest BCUT2D eigenvalue weighted by molar-refractivity contribution is 5.90. The largest absolute Gasteiger partial charge is 0.497 e. The van der Waals surface area contributed by atoms with Crippen molar-refractivity contribution in [2.24, 2.45) is 0 Å². The lowest BCUT2D eigenvalue weighted by Gasteiger charge is -2.04. The Morgan fingerprint density at radius 2 is 2.00 bits per heavy atom. The third kappa shape index (κ3) is 3.11. The summed E-state index contributed by atoms with van der Waals surface area (Å²) >= 11 is 0. The molecule has 0 heterocycles. The fourth-order valence-corrected chi connectivity index (χ4v) is 1.17. The summed E-state index contributed by atoms with van der Waals surface area (Å²) < 4.78 is 4.97. The van der Waals surface area contributed by atoms with Gasteiger partial charge in [0.2, 0.25) is 0 Å². The monoisotopic (exact) mass is 208 g/mol. The molecule has 4 heteroatoms. The van der Waals surface area contributed by atoms with Crippen LogP contribution in [0.1, 0.15) is 5.56 Å². The van der Waals surface area contributed by atoms with Gasteiger partial charge in [-0.2, -0.15) is 0 Å². The Morgan fingerprint density at radius 1 is 1.40 bits per heavy atom. The van der Waals surface area contributed by atoms with E-state index in [0.717, 1.165) is 6.08 Å². The number of methoxy groups -OCH3 is 1. The third-order valence-corrected chi connectivity index (χ3v) is 1.93. The molecule has 0 aromatic heterocycles. The second-order valence-corrected chi connectivity index (χ2v) is 2.89. The van der Waals surface area contributed by atoms with E-state index < -0.39 is 5.97 Å². The average molecular weight is 208 g/mol.